The molecule has 108 valence electrons. The Bertz CT molecular complexity index is 791. The highest BCUT2D eigenvalue weighted by atomic mass is 32.2. The van der Waals surface area contributed by atoms with Gasteiger partial charge >= 0.3 is 0 Å². The van der Waals surface area contributed by atoms with Gasteiger partial charge in [-0.1, -0.05) is 12.1 Å². The maximum atomic E-state index is 12.2. The van der Waals surface area contributed by atoms with Crippen LogP contribution in [0.4, 0.5) is 5.69 Å². The first-order valence-electron chi connectivity index (χ1n) is 6.28. The molecule has 2 aromatic carbocycles. The Kier molecular flexibility index (Phi) is 4.26. The number of sulfonamides is 1. The third-order valence-corrected chi connectivity index (χ3v) is 4.65. The monoisotopic (exact) mass is 301 g/mol. The van der Waals surface area contributed by atoms with E-state index >= 15 is 0 Å². The Balaban J connectivity index is 2.18. The van der Waals surface area contributed by atoms with E-state index in [0.29, 0.717) is 11.3 Å². The SMILES string of the molecule is Cc1c(N)cccc1CNS(=O)(=O)c1ccc(C#N)cc1. The van der Waals surface area contributed by atoms with Crippen LogP contribution >= 0.6 is 0 Å². The summed E-state index contributed by atoms with van der Waals surface area (Å²) in [5.74, 6) is 0. The number of nitrogens with zero attached hydrogens (tertiary/aromatic N) is 1. The van der Waals surface area contributed by atoms with Crippen molar-refractivity contribution in [3.63, 3.8) is 0 Å². The number of anilines is 1. The molecule has 0 saturated heterocycles. The molecule has 0 aliphatic heterocycles. The van der Waals surface area contributed by atoms with E-state index in [1.807, 2.05) is 19.1 Å². The molecule has 0 aliphatic rings. The fraction of sp³-hybridized carbons (Fsp3) is 0.133. The normalized spacial score (nSPS) is 11.0. The van der Waals surface area contributed by atoms with Crippen molar-refractivity contribution in [2.75, 3.05) is 5.73 Å². The summed E-state index contributed by atoms with van der Waals surface area (Å²) in [5, 5.41) is 8.71. The Labute approximate surface area is 124 Å². The molecule has 0 bridgehead atoms. The van der Waals surface area contributed by atoms with Crippen molar-refractivity contribution in [3.05, 3.63) is 59.2 Å². The van der Waals surface area contributed by atoms with Gasteiger partial charge in [0, 0.05) is 12.2 Å². The minimum Gasteiger partial charge on any atom is -0.399 e. The summed E-state index contributed by atoms with van der Waals surface area (Å²) in [6.07, 6.45) is 0. The van der Waals surface area contributed by atoms with Gasteiger partial charge in [-0.05, 0) is 48.4 Å². The molecular formula is C15H15N3O2S. The van der Waals surface area contributed by atoms with E-state index in [1.54, 1.807) is 12.1 Å². The molecular weight excluding hydrogens is 286 g/mol. The molecule has 0 aromatic heterocycles. The molecule has 0 aliphatic carbocycles. The predicted octanol–water partition coefficient (Wildman–Crippen LogP) is 1.93. The van der Waals surface area contributed by atoms with E-state index in [9.17, 15) is 8.42 Å². The van der Waals surface area contributed by atoms with Crippen LogP contribution in [0.1, 0.15) is 16.7 Å². The Hall–Kier alpha value is -2.36. The number of nitrogen functional groups attached to an aromatic ring is 1. The zero-order valence-corrected chi connectivity index (χ0v) is 12.3. The Morgan fingerprint density at radius 2 is 1.86 bits per heavy atom. The molecule has 2 aromatic rings. The van der Waals surface area contributed by atoms with Crippen molar-refractivity contribution in [1.82, 2.24) is 4.72 Å². The second-order valence-electron chi connectivity index (χ2n) is 4.59. The Morgan fingerprint density at radius 1 is 1.19 bits per heavy atom. The summed E-state index contributed by atoms with van der Waals surface area (Å²) >= 11 is 0. The van der Waals surface area contributed by atoms with Gasteiger partial charge in [-0.15, -0.1) is 0 Å². The highest BCUT2D eigenvalue weighted by Crippen LogP contribution is 2.16. The van der Waals surface area contributed by atoms with Crippen molar-refractivity contribution in [1.29, 1.82) is 5.26 Å². The molecule has 0 saturated carbocycles. The quantitative estimate of drug-likeness (QED) is 0.843. The van der Waals surface area contributed by atoms with Crippen LogP contribution < -0.4 is 10.5 Å². The second-order valence-corrected chi connectivity index (χ2v) is 6.36. The molecule has 6 heteroatoms. The zero-order chi connectivity index (χ0) is 15.5. The minimum atomic E-state index is -3.61. The molecule has 0 fully saturated rings. The predicted molar refractivity (Wildman–Crippen MR) is 80.8 cm³/mol. The fourth-order valence-electron chi connectivity index (χ4n) is 1.86. The van der Waals surface area contributed by atoms with Gasteiger partial charge in [0.25, 0.3) is 0 Å². The molecule has 21 heavy (non-hydrogen) atoms. The van der Waals surface area contributed by atoms with Crippen molar-refractivity contribution in [2.24, 2.45) is 0 Å². The number of rotatable bonds is 4. The molecule has 3 N–H and O–H groups in total. The van der Waals surface area contributed by atoms with E-state index in [2.05, 4.69) is 4.72 Å². The lowest BCUT2D eigenvalue weighted by molar-refractivity contribution is 0.581. The number of benzene rings is 2. The fourth-order valence-corrected chi connectivity index (χ4v) is 2.87. The molecule has 5 nitrogen and oxygen atoms in total. The highest BCUT2D eigenvalue weighted by molar-refractivity contribution is 7.89. The zero-order valence-electron chi connectivity index (χ0n) is 11.5. The van der Waals surface area contributed by atoms with Crippen molar-refractivity contribution in [3.8, 4) is 6.07 Å². The Morgan fingerprint density at radius 3 is 2.48 bits per heavy atom. The number of nitrogens with two attached hydrogens (primary N) is 1. The third kappa shape index (κ3) is 3.40. The maximum Gasteiger partial charge on any atom is 0.240 e. The minimum absolute atomic E-state index is 0.128. The number of hydrogen-bond donors (Lipinski definition) is 2. The number of nitrogens with one attached hydrogen (secondary N) is 1. The van der Waals surface area contributed by atoms with Crippen molar-refractivity contribution < 1.29 is 8.42 Å². The van der Waals surface area contributed by atoms with Crippen LogP contribution in [-0.4, -0.2) is 8.42 Å². The average molecular weight is 301 g/mol. The smallest absolute Gasteiger partial charge is 0.240 e. The molecule has 0 spiro atoms. The topological polar surface area (TPSA) is 96.0 Å². The van der Waals surface area contributed by atoms with Crippen molar-refractivity contribution in [2.45, 2.75) is 18.4 Å². The summed E-state index contributed by atoms with van der Waals surface area (Å²) in [6, 6.07) is 13.1. The van der Waals surface area contributed by atoms with Gasteiger partial charge in [-0.25, -0.2) is 13.1 Å². The van der Waals surface area contributed by atoms with Crippen LogP contribution in [0.3, 0.4) is 0 Å². The molecule has 0 amide bonds. The van der Waals surface area contributed by atoms with Crippen LogP contribution in [0.15, 0.2) is 47.4 Å². The lowest BCUT2D eigenvalue weighted by atomic mass is 10.1. The van der Waals surface area contributed by atoms with E-state index in [1.165, 1.54) is 24.3 Å². The number of hydrogen-bond acceptors (Lipinski definition) is 4. The van der Waals surface area contributed by atoms with E-state index < -0.39 is 10.0 Å². The lowest BCUT2D eigenvalue weighted by Gasteiger charge is -2.10. The summed E-state index contributed by atoms with van der Waals surface area (Å²) in [4.78, 5) is 0.128. The first-order valence-corrected chi connectivity index (χ1v) is 7.76. The first-order chi connectivity index (χ1) is 9.94. The van der Waals surface area contributed by atoms with Gasteiger partial charge in [-0.2, -0.15) is 5.26 Å². The maximum absolute atomic E-state index is 12.2. The second kappa shape index (κ2) is 5.95. The molecule has 0 unspecified atom stereocenters. The largest absolute Gasteiger partial charge is 0.399 e. The summed E-state index contributed by atoms with van der Waals surface area (Å²) in [6.45, 7) is 2.01. The number of nitriles is 1. The van der Waals surface area contributed by atoms with Crippen LogP contribution in [0.2, 0.25) is 0 Å². The average Bonchev–Trinajstić information content (AvgIpc) is 2.49. The van der Waals surface area contributed by atoms with E-state index in [4.69, 9.17) is 11.0 Å². The van der Waals surface area contributed by atoms with Crippen LogP contribution in [0, 0.1) is 18.3 Å². The molecule has 0 atom stereocenters. The van der Waals surface area contributed by atoms with E-state index in [-0.39, 0.29) is 11.4 Å². The lowest BCUT2D eigenvalue weighted by Crippen LogP contribution is -2.23. The highest BCUT2D eigenvalue weighted by Gasteiger charge is 2.14. The van der Waals surface area contributed by atoms with Gasteiger partial charge in [-0.3, -0.25) is 0 Å². The molecule has 0 heterocycles. The third-order valence-electron chi connectivity index (χ3n) is 3.23. The van der Waals surface area contributed by atoms with E-state index in [0.717, 1.165) is 11.1 Å². The van der Waals surface area contributed by atoms with Gasteiger partial charge in [0.2, 0.25) is 10.0 Å². The molecule has 0 radical (unpaired) electrons. The van der Waals surface area contributed by atoms with Crippen LogP contribution in [-0.2, 0) is 16.6 Å². The summed E-state index contributed by atoms with van der Waals surface area (Å²) < 4.78 is 26.9. The van der Waals surface area contributed by atoms with Gasteiger partial charge < -0.3 is 5.73 Å². The van der Waals surface area contributed by atoms with Gasteiger partial charge in [0.15, 0.2) is 0 Å². The molecule has 2 rings (SSSR count). The summed E-state index contributed by atoms with van der Waals surface area (Å²) in [5.41, 5.74) is 8.53. The van der Waals surface area contributed by atoms with Crippen LogP contribution in [0.5, 0.6) is 0 Å². The first kappa shape index (κ1) is 15.0. The van der Waals surface area contributed by atoms with Crippen LogP contribution in [0.25, 0.3) is 0 Å². The van der Waals surface area contributed by atoms with Crippen molar-refractivity contribution >= 4 is 15.7 Å². The standard InChI is InChI=1S/C15H15N3O2S/c1-11-13(3-2-4-15(11)17)10-18-21(19,20)14-7-5-12(9-16)6-8-14/h2-8,18H,10,17H2,1H3. The van der Waals surface area contributed by atoms with Gasteiger partial charge in [0.05, 0.1) is 16.5 Å². The summed E-state index contributed by atoms with van der Waals surface area (Å²) in [7, 11) is -3.61. The van der Waals surface area contributed by atoms with Gasteiger partial charge in [0.1, 0.15) is 0 Å².